The Morgan fingerprint density at radius 1 is 1.16 bits per heavy atom. The number of aldehydes is 1. The van der Waals surface area contributed by atoms with Crippen LogP contribution < -0.4 is 0 Å². The van der Waals surface area contributed by atoms with Crippen LogP contribution in [0.15, 0.2) is 0 Å². The predicted molar refractivity (Wildman–Crippen MR) is 61.3 cm³/mol. The van der Waals surface area contributed by atoms with E-state index in [0.717, 1.165) is 6.29 Å². The van der Waals surface area contributed by atoms with Gasteiger partial charge in [-0.25, -0.2) is 4.79 Å². The second-order valence-corrected chi connectivity index (χ2v) is 4.21. The lowest BCUT2D eigenvalue weighted by atomic mass is 9.93. The van der Waals surface area contributed by atoms with Crippen molar-refractivity contribution in [3.8, 4) is 0 Å². The van der Waals surface area contributed by atoms with Gasteiger partial charge in [0, 0.05) is 19.3 Å². The Kier molecular flexibility index (Phi) is 5.84. The lowest BCUT2D eigenvalue weighted by Crippen LogP contribution is -2.40. The average Bonchev–Trinajstić information content (AvgIpc) is 2.40. The first-order valence-electron chi connectivity index (χ1n) is 6.05. The average molecular weight is 269 g/mol. The molecular formula is C12H15NO6. The summed E-state index contributed by atoms with van der Waals surface area (Å²) < 4.78 is 0. The number of hydrogen-bond acceptors (Lipinski definition) is 6. The molecule has 0 aromatic rings. The van der Waals surface area contributed by atoms with Gasteiger partial charge in [-0.15, -0.1) is 5.06 Å². The van der Waals surface area contributed by atoms with E-state index < -0.39 is 17.8 Å². The number of amides is 2. The molecule has 1 aliphatic rings. The molecule has 1 rings (SSSR count). The van der Waals surface area contributed by atoms with Crippen LogP contribution in [0, 0.1) is 5.92 Å². The van der Waals surface area contributed by atoms with Crippen LogP contribution in [0.25, 0.3) is 0 Å². The molecule has 0 saturated carbocycles. The topological polar surface area (TPSA) is 97.8 Å². The molecule has 0 N–H and O–H groups in total. The fourth-order valence-corrected chi connectivity index (χ4v) is 1.79. The van der Waals surface area contributed by atoms with Crippen molar-refractivity contribution in [2.45, 2.75) is 38.5 Å². The second-order valence-electron chi connectivity index (χ2n) is 4.21. The largest absolute Gasteiger partial charge is 0.343 e. The third-order valence-corrected chi connectivity index (χ3v) is 2.85. The number of carbonyl (C=O) groups is 5. The normalized spacial score (nSPS) is 20.5. The summed E-state index contributed by atoms with van der Waals surface area (Å²) >= 11 is 0. The summed E-state index contributed by atoms with van der Waals surface area (Å²) in [6, 6.07) is 0. The molecule has 0 spiro atoms. The van der Waals surface area contributed by atoms with Crippen LogP contribution in [-0.2, 0) is 28.8 Å². The first-order valence-corrected chi connectivity index (χ1v) is 6.05. The van der Waals surface area contributed by atoms with Gasteiger partial charge in [0.05, 0.1) is 0 Å². The van der Waals surface area contributed by atoms with Gasteiger partial charge in [0.2, 0.25) is 0 Å². The lowest BCUT2D eigenvalue weighted by molar-refractivity contribution is -0.201. The quantitative estimate of drug-likeness (QED) is 0.387. The Morgan fingerprint density at radius 3 is 2.53 bits per heavy atom. The van der Waals surface area contributed by atoms with Gasteiger partial charge in [-0.05, 0) is 12.8 Å². The Hall–Kier alpha value is -2.05. The molecule has 0 radical (unpaired) electrons. The van der Waals surface area contributed by atoms with E-state index >= 15 is 0 Å². The Bertz CT molecular complexity index is 392. The van der Waals surface area contributed by atoms with Gasteiger partial charge in [-0.2, -0.15) is 0 Å². The fourth-order valence-electron chi connectivity index (χ4n) is 1.79. The van der Waals surface area contributed by atoms with E-state index in [4.69, 9.17) is 0 Å². The zero-order valence-corrected chi connectivity index (χ0v) is 10.4. The minimum atomic E-state index is -0.970. The van der Waals surface area contributed by atoms with Crippen LogP contribution in [0.4, 0.5) is 0 Å². The molecule has 19 heavy (non-hydrogen) atoms. The Labute approximate surface area is 109 Å². The van der Waals surface area contributed by atoms with Gasteiger partial charge in [0.25, 0.3) is 12.3 Å². The molecule has 0 aliphatic carbocycles. The molecule has 1 fully saturated rings. The fraction of sp³-hybridized carbons (Fsp3) is 0.583. The highest BCUT2D eigenvalue weighted by Gasteiger charge is 2.33. The third kappa shape index (κ3) is 4.27. The number of Topliss-reactive ketones (excluding diaryl/α,β-unsaturated/α-hetero) is 1. The number of rotatable bonds is 6. The maximum Gasteiger partial charge on any atom is 0.343 e. The highest BCUT2D eigenvalue weighted by atomic mass is 16.7. The molecular weight excluding hydrogens is 254 g/mol. The third-order valence-electron chi connectivity index (χ3n) is 2.85. The van der Waals surface area contributed by atoms with E-state index in [-0.39, 0.29) is 31.5 Å². The SMILES string of the molecule is O=CCCCCC1C(=O)CCC(=O)N(C=O)OC1=O. The zero-order chi connectivity index (χ0) is 14.3. The van der Waals surface area contributed by atoms with Gasteiger partial charge in [0.15, 0.2) is 0 Å². The van der Waals surface area contributed by atoms with Crippen LogP contribution in [0.5, 0.6) is 0 Å². The van der Waals surface area contributed by atoms with Gasteiger partial charge in [-0.3, -0.25) is 14.4 Å². The van der Waals surface area contributed by atoms with Crippen molar-refractivity contribution >= 4 is 30.4 Å². The summed E-state index contributed by atoms with van der Waals surface area (Å²) in [6.45, 7) is 0. The molecule has 7 nitrogen and oxygen atoms in total. The molecule has 104 valence electrons. The molecule has 2 amide bonds. The minimum absolute atomic E-state index is 0.0867. The zero-order valence-electron chi connectivity index (χ0n) is 10.4. The summed E-state index contributed by atoms with van der Waals surface area (Å²) in [5, 5.41) is 0.327. The summed E-state index contributed by atoms with van der Waals surface area (Å²) in [5.41, 5.74) is 0. The number of carbonyl (C=O) groups excluding carboxylic acids is 5. The van der Waals surface area contributed by atoms with E-state index in [2.05, 4.69) is 4.84 Å². The van der Waals surface area contributed by atoms with E-state index in [1.54, 1.807) is 0 Å². The molecule has 1 saturated heterocycles. The monoisotopic (exact) mass is 269 g/mol. The summed E-state index contributed by atoms with van der Waals surface area (Å²) in [4.78, 5) is 60.1. The highest BCUT2D eigenvalue weighted by Crippen LogP contribution is 2.19. The number of hydrogen-bond donors (Lipinski definition) is 0. The summed E-state index contributed by atoms with van der Waals surface area (Å²) in [5.74, 6) is -2.94. The molecule has 7 heteroatoms. The van der Waals surface area contributed by atoms with Crippen LogP contribution in [0.3, 0.4) is 0 Å². The molecule has 1 heterocycles. The number of ketones is 1. The minimum Gasteiger partial charge on any atom is -0.330 e. The summed E-state index contributed by atoms with van der Waals surface area (Å²) in [7, 11) is 0. The van der Waals surface area contributed by atoms with Crippen molar-refractivity contribution < 1.29 is 28.8 Å². The van der Waals surface area contributed by atoms with Crippen molar-refractivity contribution in [1.29, 1.82) is 0 Å². The first kappa shape index (κ1) is 15.0. The van der Waals surface area contributed by atoms with E-state index in [1.807, 2.05) is 0 Å². The maximum absolute atomic E-state index is 11.8. The van der Waals surface area contributed by atoms with Gasteiger partial charge in [0.1, 0.15) is 18.0 Å². The van der Waals surface area contributed by atoms with Gasteiger partial charge >= 0.3 is 5.97 Å². The van der Waals surface area contributed by atoms with Crippen molar-refractivity contribution in [3.05, 3.63) is 0 Å². The Morgan fingerprint density at radius 2 is 1.89 bits per heavy atom. The van der Waals surface area contributed by atoms with Crippen molar-refractivity contribution in [1.82, 2.24) is 5.06 Å². The second kappa shape index (κ2) is 7.40. The molecule has 0 aromatic heterocycles. The van der Waals surface area contributed by atoms with E-state index in [1.165, 1.54) is 0 Å². The molecule has 1 atom stereocenters. The molecule has 0 aromatic carbocycles. The number of nitrogens with zero attached hydrogens (tertiary/aromatic N) is 1. The molecule has 1 aliphatic heterocycles. The van der Waals surface area contributed by atoms with E-state index in [0.29, 0.717) is 24.3 Å². The summed E-state index contributed by atoms with van der Waals surface area (Å²) in [6.07, 6.45) is 2.37. The molecule has 0 bridgehead atoms. The predicted octanol–water partition coefficient (Wildman–Crippen LogP) is 0.168. The number of hydroxylamine groups is 2. The lowest BCUT2D eigenvalue weighted by Gasteiger charge is -2.21. The van der Waals surface area contributed by atoms with Crippen molar-refractivity contribution in [2.75, 3.05) is 0 Å². The van der Waals surface area contributed by atoms with Crippen molar-refractivity contribution in [2.24, 2.45) is 5.92 Å². The van der Waals surface area contributed by atoms with Crippen LogP contribution in [-0.4, -0.2) is 35.4 Å². The van der Waals surface area contributed by atoms with Crippen LogP contribution in [0.2, 0.25) is 0 Å². The number of imide groups is 1. The van der Waals surface area contributed by atoms with Gasteiger partial charge < -0.3 is 9.63 Å². The van der Waals surface area contributed by atoms with Crippen LogP contribution >= 0.6 is 0 Å². The van der Waals surface area contributed by atoms with Gasteiger partial charge in [-0.1, -0.05) is 6.42 Å². The number of unbranched alkanes of at least 4 members (excludes halogenated alkanes) is 2. The standard InChI is InChI=1S/C12H15NO6/c14-7-3-1-2-4-9-10(16)5-6-11(17)13(8-15)19-12(9)18/h7-9H,1-6H2. The Balaban J connectivity index is 2.64. The van der Waals surface area contributed by atoms with E-state index in [9.17, 15) is 24.0 Å². The smallest absolute Gasteiger partial charge is 0.330 e. The highest BCUT2D eigenvalue weighted by molar-refractivity contribution is 6.02. The van der Waals surface area contributed by atoms with Crippen molar-refractivity contribution in [3.63, 3.8) is 0 Å². The first-order chi connectivity index (χ1) is 9.10. The molecule has 1 unspecified atom stereocenters. The van der Waals surface area contributed by atoms with Crippen LogP contribution in [0.1, 0.15) is 38.5 Å². The maximum atomic E-state index is 11.8.